The Morgan fingerprint density at radius 2 is 1.55 bits per heavy atom. The molecule has 3 heteroatoms. The van der Waals surface area contributed by atoms with Crippen LogP contribution < -0.4 is 9.47 Å². The van der Waals surface area contributed by atoms with E-state index in [0.29, 0.717) is 12.4 Å². The van der Waals surface area contributed by atoms with Gasteiger partial charge in [-0.1, -0.05) is 56.3 Å². The van der Waals surface area contributed by atoms with Gasteiger partial charge in [0.2, 0.25) is 0 Å². The average molecular weight is 390 g/mol. The van der Waals surface area contributed by atoms with Gasteiger partial charge >= 0.3 is 0 Å². The summed E-state index contributed by atoms with van der Waals surface area (Å²) in [6.07, 6.45) is 1.92. The number of halogens is 1. The summed E-state index contributed by atoms with van der Waals surface area (Å²) in [4.78, 5) is 0. The molecule has 0 aromatic heterocycles. The van der Waals surface area contributed by atoms with Crippen molar-refractivity contribution >= 4 is 0 Å². The van der Waals surface area contributed by atoms with E-state index < -0.39 is 5.41 Å². The Morgan fingerprint density at radius 3 is 2.24 bits per heavy atom. The zero-order valence-corrected chi connectivity index (χ0v) is 17.2. The maximum atomic E-state index is 14.8. The molecule has 0 bridgehead atoms. The molecule has 3 aromatic carbocycles. The van der Waals surface area contributed by atoms with E-state index in [1.165, 1.54) is 0 Å². The fraction of sp³-hybridized carbons (Fsp3) is 0.231. The van der Waals surface area contributed by atoms with E-state index >= 15 is 0 Å². The highest BCUT2D eigenvalue weighted by Gasteiger charge is 2.19. The van der Waals surface area contributed by atoms with E-state index in [-0.39, 0.29) is 12.2 Å². The molecule has 0 aliphatic carbocycles. The van der Waals surface area contributed by atoms with Crippen LogP contribution in [0.5, 0.6) is 17.2 Å². The zero-order chi connectivity index (χ0) is 20.7. The Hall–Kier alpha value is -3.07. The van der Waals surface area contributed by atoms with Gasteiger partial charge in [-0.05, 0) is 60.5 Å². The Morgan fingerprint density at radius 1 is 0.862 bits per heavy atom. The molecule has 0 saturated heterocycles. The number of allylic oxidation sites excluding steroid dienone is 2. The van der Waals surface area contributed by atoms with Crippen LogP contribution in [0.3, 0.4) is 0 Å². The van der Waals surface area contributed by atoms with Crippen molar-refractivity contribution in [1.29, 1.82) is 0 Å². The lowest BCUT2D eigenvalue weighted by atomic mass is 9.83. The summed E-state index contributed by atoms with van der Waals surface area (Å²) < 4.78 is 26.2. The van der Waals surface area contributed by atoms with Crippen LogP contribution in [-0.2, 0) is 11.8 Å². The van der Waals surface area contributed by atoms with E-state index in [2.05, 4.69) is 0 Å². The van der Waals surface area contributed by atoms with Gasteiger partial charge in [-0.25, -0.2) is 4.39 Å². The largest absolute Gasteiger partial charge is 0.494 e. The number of para-hydroxylation sites is 1. The first-order valence-electron chi connectivity index (χ1n) is 9.89. The molecule has 3 rings (SSSR count). The number of hydrogen-bond donors (Lipinski definition) is 0. The van der Waals surface area contributed by atoms with Crippen molar-refractivity contribution in [2.24, 2.45) is 0 Å². The monoisotopic (exact) mass is 390 g/mol. The van der Waals surface area contributed by atoms with Crippen LogP contribution in [-0.4, -0.2) is 6.61 Å². The van der Waals surface area contributed by atoms with Crippen molar-refractivity contribution in [3.05, 3.63) is 102 Å². The second-order valence-corrected chi connectivity index (χ2v) is 7.51. The fourth-order valence-corrected chi connectivity index (χ4v) is 3.21. The molecule has 0 fully saturated rings. The minimum Gasteiger partial charge on any atom is -0.494 e. The lowest BCUT2D eigenvalue weighted by Gasteiger charge is -2.22. The first kappa shape index (κ1) is 20.7. The Bertz CT molecular complexity index is 944. The van der Waals surface area contributed by atoms with Gasteiger partial charge in [0.05, 0.1) is 6.61 Å². The smallest absolute Gasteiger partial charge is 0.127 e. The van der Waals surface area contributed by atoms with Crippen molar-refractivity contribution in [1.82, 2.24) is 0 Å². The van der Waals surface area contributed by atoms with Crippen molar-refractivity contribution in [2.75, 3.05) is 6.61 Å². The molecule has 29 heavy (non-hydrogen) atoms. The number of hydrogen-bond acceptors (Lipinski definition) is 2. The average Bonchev–Trinajstić information content (AvgIpc) is 2.69. The summed E-state index contributed by atoms with van der Waals surface area (Å²) in [7, 11) is 0. The Labute approximate surface area is 172 Å². The van der Waals surface area contributed by atoms with Gasteiger partial charge < -0.3 is 9.47 Å². The predicted octanol–water partition coefficient (Wildman–Crippen LogP) is 7.25. The molecule has 0 aliphatic rings. The normalized spacial score (nSPS) is 11.9. The number of benzene rings is 3. The number of rotatable bonds is 8. The lowest BCUT2D eigenvalue weighted by Crippen LogP contribution is -2.14. The van der Waals surface area contributed by atoms with Crippen LogP contribution in [0.25, 0.3) is 0 Å². The van der Waals surface area contributed by atoms with Gasteiger partial charge in [0.15, 0.2) is 0 Å². The quantitative estimate of drug-likeness (QED) is 0.403. The van der Waals surface area contributed by atoms with Crippen LogP contribution in [0.4, 0.5) is 4.39 Å². The highest BCUT2D eigenvalue weighted by molar-refractivity contribution is 5.37. The molecule has 3 aromatic rings. The summed E-state index contributed by atoms with van der Waals surface area (Å²) >= 11 is 0. The van der Waals surface area contributed by atoms with Crippen molar-refractivity contribution in [2.45, 2.75) is 32.6 Å². The SMILES string of the molecule is CCOc1ccc(C(C)(C)/C=C(\F)Cc2cccc(Oc3ccccc3)c2)cc1. The third kappa shape index (κ3) is 5.95. The maximum Gasteiger partial charge on any atom is 0.127 e. The van der Waals surface area contributed by atoms with Gasteiger partial charge in [0.25, 0.3) is 0 Å². The lowest BCUT2D eigenvalue weighted by molar-refractivity contribution is 0.340. The minimum atomic E-state index is -0.424. The highest BCUT2D eigenvalue weighted by atomic mass is 19.1. The molecule has 0 N–H and O–H groups in total. The standard InChI is InChI=1S/C26H27FO2/c1-4-28-23-15-13-21(14-16-23)26(2,3)19-22(27)17-20-9-8-12-25(18-20)29-24-10-6-5-7-11-24/h5-16,18-19H,4,17H2,1-3H3/b22-19-. The van der Waals surface area contributed by atoms with Gasteiger partial charge in [-0.2, -0.15) is 0 Å². The molecule has 0 aliphatic heterocycles. The van der Waals surface area contributed by atoms with Crippen LogP contribution in [0.2, 0.25) is 0 Å². The summed E-state index contributed by atoms with van der Waals surface area (Å²) in [6, 6.07) is 25.0. The molecule has 0 radical (unpaired) electrons. The summed E-state index contributed by atoms with van der Waals surface area (Å²) in [6.45, 7) is 6.61. The van der Waals surface area contributed by atoms with Crippen LogP contribution in [0.1, 0.15) is 31.9 Å². The molecule has 0 heterocycles. The molecule has 0 saturated carbocycles. The third-order valence-electron chi connectivity index (χ3n) is 4.68. The first-order chi connectivity index (χ1) is 14.0. The van der Waals surface area contributed by atoms with Gasteiger partial charge in [-0.3, -0.25) is 0 Å². The van der Waals surface area contributed by atoms with Crippen molar-refractivity contribution < 1.29 is 13.9 Å². The summed E-state index contributed by atoms with van der Waals surface area (Å²) in [5, 5.41) is 0. The van der Waals surface area contributed by atoms with Crippen LogP contribution in [0.15, 0.2) is 90.8 Å². The van der Waals surface area contributed by atoms with E-state index in [1.54, 1.807) is 6.08 Å². The maximum absolute atomic E-state index is 14.8. The summed E-state index contributed by atoms with van der Waals surface area (Å²) in [5.41, 5.74) is 1.49. The molecular formula is C26H27FO2. The third-order valence-corrected chi connectivity index (χ3v) is 4.68. The molecular weight excluding hydrogens is 363 g/mol. The Balaban J connectivity index is 1.70. The van der Waals surface area contributed by atoms with Crippen LogP contribution >= 0.6 is 0 Å². The van der Waals surface area contributed by atoms with E-state index in [9.17, 15) is 4.39 Å². The van der Waals surface area contributed by atoms with Crippen LogP contribution in [0, 0.1) is 0 Å². The minimum absolute atomic E-state index is 0.166. The van der Waals surface area contributed by atoms with E-state index in [4.69, 9.17) is 9.47 Å². The second kappa shape index (κ2) is 9.42. The predicted molar refractivity (Wildman–Crippen MR) is 116 cm³/mol. The van der Waals surface area contributed by atoms with Crippen molar-refractivity contribution in [3.63, 3.8) is 0 Å². The summed E-state index contributed by atoms with van der Waals surface area (Å²) in [5.74, 6) is 2.12. The van der Waals surface area contributed by atoms with Gasteiger partial charge in [0, 0.05) is 11.8 Å². The highest BCUT2D eigenvalue weighted by Crippen LogP contribution is 2.29. The molecule has 2 nitrogen and oxygen atoms in total. The van der Waals surface area contributed by atoms with Gasteiger partial charge in [-0.15, -0.1) is 0 Å². The first-order valence-corrected chi connectivity index (χ1v) is 9.89. The molecule has 0 atom stereocenters. The topological polar surface area (TPSA) is 18.5 Å². The molecule has 0 spiro atoms. The molecule has 0 unspecified atom stereocenters. The molecule has 0 amide bonds. The molecule has 150 valence electrons. The van der Waals surface area contributed by atoms with E-state index in [1.807, 2.05) is 99.6 Å². The zero-order valence-electron chi connectivity index (χ0n) is 17.2. The van der Waals surface area contributed by atoms with Crippen molar-refractivity contribution in [3.8, 4) is 17.2 Å². The fourth-order valence-electron chi connectivity index (χ4n) is 3.21. The van der Waals surface area contributed by atoms with E-state index in [0.717, 1.165) is 22.6 Å². The second-order valence-electron chi connectivity index (χ2n) is 7.51. The van der Waals surface area contributed by atoms with Gasteiger partial charge in [0.1, 0.15) is 23.1 Å². The Kier molecular flexibility index (Phi) is 6.71. The number of ether oxygens (including phenoxy) is 2.